The molecule has 0 amide bonds. The Kier molecular flexibility index (Phi) is 4.38. The lowest BCUT2D eigenvalue weighted by atomic mass is 9.63. The van der Waals surface area contributed by atoms with Gasteiger partial charge in [0, 0.05) is 0 Å². The minimum absolute atomic E-state index is 0.290. The maximum atomic E-state index is 13.0. The van der Waals surface area contributed by atoms with E-state index in [1.807, 2.05) is 54.6 Å². The van der Waals surface area contributed by atoms with E-state index in [-0.39, 0.29) is 12.6 Å². The number of fused-ring (bicyclic) bond motifs is 1. The van der Waals surface area contributed by atoms with Crippen molar-refractivity contribution in [2.75, 3.05) is 6.61 Å². The van der Waals surface area contributed by atoms with Gasteiger partial charge in [-0.3, -0.25) is 9.59 Å². The lowest BCUT2D eigenvalue weighted by Crippen LogP contribution is -2.43. The van der Waals surface area contributed by atoms with Gasteiger partial charge in [0.1, 0.15) is 5.41 Å². The van der Waals surface area contributed by atoms with Gasteiger partial charge in [-0.2, -0.15) is 0 Å². The average molecular weight is 324 g/mol. The molecule has 0 saturated carbocycles. The monoisotopic (exact) mass is 324 g/mol. The standard InChI is InChI=1S/C20H20O4/c1-2-24-19(23)20(14-8-4-3-5-9-14)13-12-16(18(21)22)15-10-6-7-11-17(15)20/h3-11,16H,2,12-13H2,1H3,(H,21,22)/t16-,20-/m0/s1. The summed E-state index contributed by atoms with van der Waals surface area (Å²) < 4.78 is 5.41. The molecule has 0 spiro atoms. The Morgan fingerprint density at radius 2 is 1.79 bits per heavy atom. The molecule has 2 aromatic rings. The van der Waals surface area contributed by atoms with E-state index in [2.05, 4.69) is 0 Å². The number of carbonyl (C=O) groups excluding carboxylic acids is 1. The highest BCUT2D eigenvalue weighted by atomic mass is 16.5. The molecule has 0 fully saturated rings. The minimum atomic E-state index is -0.945. The van der Waals surface area contributed by atoms with Crippen molar-refractivity contribution in [3.63, 3.8) is 0 Å². The third kappa shape index (κ3) is 2.48. The molecule has 24 heavy (non-hydrogen) atoms. The second-order valence-electron chi connectivity index (χ2n) is 6.01. The van der Waals surface area contributed by atoms with Crippen molar-refractivity contribution in [1.29, 1.82) is 0 Å². The zero-order valence-electron chi connectivity index (χ0n) is 13.6. The molecule has 2 aromatic carbocycles. The van der Waals surface area contributed by atoms with Crippen LogP contribution >= 0.6 is 0 Å². The van der Waals surface area contributed by atoms with Crippen LogP contribution in [0.15, 0.2) is 54.6 Å². The van der Waals surface area contributed by atoms with E-state index in [0.717, 1.165) is 11.1 Å². The summed E-state index contributed by atoms with van der Waals surface area (Å²) in [4.78, 5) is 24.6. The quantitative estimate of drug-likeness (QED) is 0.874. The number of benzene rings is 2. The zero-order chi connectivity index (χ0) is 17.2. The molecule has 0 radical (unpaired) electrons. The first kappa shape index (κ1) is 16.2. The molecule has 1 aliphatic rings. The predicted octanol–water partition coefficient (Wildman–Crippen LogP) is 3.50. The van der Waals surface area contributed by atoms with E-state index in [4.69, 9.17) is 4.74 Å². The van der Waals surface area contributed by atoms with Crippen molar-refractivity contribution in [3.8, 4) is 0 Å². The second-order valence-corrected chi connectivity index (χ2v) is 6.01. The highest BCUT2D eigenvalue weighted by Crippen LogP contribution is 2.47. The van der Waals surface area contributed by atoms with E-state index >= 15 is 0 Å². The van der Waals surface area contributed by atoms with E-state index in [1.54, 1.807) is 6.92 Å². The summed E-state index contributed by atoms with van der Waals surface area (Å²) in [6, 6.07) is 16.8. The Hall–Kier alpha value is -2.62. The number of hydrogen-bond acceptors (Lipinski definition) is 3. The van der Waals surface area contributed by atoms with Gasteiger partial charge in [-0.1, -0.05) is 54.6 Å². The van der Waals surface area contributed by atoms with Crippen LogP contribution in [0.1, 0.15) is 42.4 Å². The molecule has 4 heteroatoms. The molecule has 0 saturated heterocycles. The molecule has 1 aliphatic carbocycles. The smallest absolute Gasteiger partial charge is 0.321 e. The maximum Gasteiger partial charge on any atom is 0.321 e. The number of carbonyl (C=O) groups is 2. The maximum absolute atomic E-state index is 13.0. The van der Waals surface area contributed by atoms with Crippen LogP contribution in [0.4, 0.5) is 0 Å². The summed E-state index contributed by atoms with van der Waals surface area (Å²) in [5.74, 6) is -1.76. The molecule has 0 heterocycles. The highest BCUT2D eigenvalue weighted by molar-refractivity contribution is 5.90. The number of ether oxygens (including phenoxy) is 1. The van der Waals surface area contributed by atoms with Crippen molar-refractivity contribution in [2.45, 2.75) is 31.1 Å². The Labute approximate surface area is 141 Å². The van der Waals surface area contributed by atoms with Crippen molar-refractivity contribution in [3.05, 3.63) is 71.3 Å². The van der Waals surface area contributed by atoms with Crippen molar-refractivity contribution >= 4 is 11.9 Å². The molecule has 1 N–H and O–H groups in total. The molecule has 0 aliphatic heterocycles. The van der Waals surface area contributed by atoms with Crippen molar-refractivity contribution < 1.29 is 19.4 Å². The molecular weight excluding hydrogens is 304 g/mol. The van der Waals surface area contributed by atoms with Crippen LogP contribution < -0.4 is 0 Å². The summed E-state index contributed by atoms with van der Waals surface area (Å²) in [6.07, 6.45) is 0.823. The van der Waals surface area contributed by atoms with Gasteiger partial charge in [-0.05, 0) is 36.5 Å². The first-order valence-corrected chi connectivity index (χ1v) is 8.16. The van der Waals surface area contributed by atoms with Gasteiger partial charge in [0.15, 0.2) is 0 Å². The normalized spacial score (nSPS) is 22.5. The fourth-order valence-corrected chi connectivity index (χ4v) is 3.70. The van der Waals surface area contributed by atoms with Crippen LogP contribution in [-0.4, -0.2) is 23.7 Å². The summed E-state index contributed by atoms with van der Waals surface area (Å²) in [7, 11) is 0. The fraction of sp³-hybridized carbons (Fsp3) is 0.300. The summed E-state index contributed by atoms with van der Waals surface area (Å²) in [5.41, 5.74) is 1.35. The van der Waals surface area contributed by atoms with Gasteiger partial charge in [0.25, 0.3) is 0 Å². The molecule has 2 atom stereocenters. The van der Waals surface area contributed by atoms with E-state index in [1.165, 1.54) is 0 Å². The highest BCUT2D eigenvalue weighted by Gasteiger charge is 2.49. The summed E-state index contributed by atoms with van der Waals surface area (Å²) in [5, 5.41) is 9.55. The Morgan fingerprint density at radius 1 is 1.12 bits per heavy atom. The third-order valence-electron chi connectivity index (χ3n) is 4.79. The first-order valence-electron chi connectivity index (χ1n) is 8.16. The van der Waals surface area contributed by atoms with Crippen LogP contribution in [0.5, 0.6) is 0 Å². The van der Waals surface area contributed by atoms with Gasteiger partial charge >= 0.3 is 11.9 Å². The van der Waals surface area contributed by atoms with Crippen LogP contribution in [0, 0.1) is 0 Å². The molecule has 0 unspecified atom stereocenters. The summed E-state index contributed by atoms with van der Waals surface area (Å²) in [6.45, 7) is 2.07. The minimum Gasteiger partial charge on any atom is -0.481 e. The van der Waals surface area contributed by atoms with Crippen LogP contribution in [0.25, 0.3) is 0 Å². The van der Waals surface area contributed by atoms with Gasteiger partial charge in [0.2, 0.25) is 0 Å². The third-order valence-corrected chi connectivity index (χ3v) is 4.79. The SMILES string of the molecule is CCOC(=O)[C@]1(c2ccccc2)CC[C@H](C(=O)O)c2ccccc21. The van der Waals surface area contributed by atoms with Crippen LogP contribution in [-0.2, 0) is 19.7 Å². The van der Waals surface area contributed by atoms with Gasteiger partial charge in [-0.15, -0.1) is 0 Å². The van der Waals surface area contributed by atoms with E-state index in [0.29, 0.717) is 18.4 Å². The topological polar surface area (TPSA) is 63.6 Å². The molecule has 4 nitrogen and oxygen atoms in total. The van der Waals surface area contributed by atoms with Crippen LogP contribution in [0.3, 0.4) is 0 Å². The molecule has 0 bridgehead atoms. The van der Waals surface area contributed by atoms with Crippen molar-refractivity contribution in [1.82, 2.24) is 0 Å². The Morgan fingerprint density at radius 3 is 2.46 bits per heavy atom. The van der Waals surface area contributed by atoms with E-state index in [9.17, 15) is 14.7 Å². The van der Waals surface area contributed by atoms with E-state index < -0.39 is 17.3 Å². The fourth-order valence-electron chi connectivity index (χ4n) is 3.70. The number of esters is 1. The Balaban J connectivity index is 2.25. The van der Waals surface area contributed by atoms with Gasteiger partial charge in [0.05, 0.1) is 12.5 Å². The van der Waals surface area contributed by atoms with Crippen molar-refractivity contribution in [2.24, 2.45) is 0 Å². The number of aliphatic carboxylic acids is 1. The molecule has 0 aromatic heterocycles. The largest absolute Gasteiger partial charge is 0.481 e. The first-order chi connectivity index (χ1) is 11.6. The van der Waals surface area contributed by atoms with Gasteiger partial charge < -0.3 is 9.84 Å². The second kappa shape index (κ2) is 6.48. The molecular formula is C20H20O4. The van der Waals surface area contributed by atoms with Gasteiger partial charge in [-0.25, -0.2) is 0 Å². The zero-order valence-corrected chi connectivity index (χ0v) is 13.6. The van der Waals surface area contributed by atoms with Crippen LogP contribution in [0.2, 0.25) is 0 Å². The number of hydrogen-bond donors (Lipinski definition) is 1. The Bertz CT molecular complexity index is 753. The predicted molar refractivity (Wildman–Crippen MR) is 89.9 cm³/mol. The number of carboxylic acid groups (broad SMARTS) is 1. The lowest BCUT2D eigenvalue weighted by Gasteiger charge is -2.39. The lowest BCUT2D eigenvalue weighted by molar-refractivity contribution is -0.150. The number of rotatable bonds is 4. The molecule has 124 valence electrons. The number of carboxylic acids is 1. The molecule has 3 rings (SSSR count). The average Bonchev–Trinajstić information content (AvgIpc) is 2.61. The summed E-state index contributed by atoms with van der Waals surface area (Å²) >= 11 is 0.